The third-order valence-corrected chi connectivity index (χ3v) is 4.56. The molecule has 27 heavy (non-hydrogen) atoms. The first-order valence-electron chi connectivity index (χ1n) is 9.04. The van der Waals surface area contributed by atoms with E-state index in [1.807, 2.05) is 31.2 Å². The number of hydrogen-bond acceptors (Lipinski definition) is 6. The number of carbonyl (C=O) groups excluding carboxylic acids is 1. The third-order valence-electron chi connectivity index (χ3n) is 4.56. The van der Waals surface area contributed by atoms with Crippen LogP contribution in [-0.4, -0.2) is 39.1 Å². The molecule has 1 atom stereocenters. The molecule has 0 aliphatic carbocycles. The van der Waals surface area contributed by atoms with E-state index in [4.69, 9.17) is 9.15 Å². The first-order valence-corrected chi connectivity index (χ1v) is 9.04. The molecule has 0 N–H and O–H groups in total. The predicted molar refractivity (Wildman–Crippen MR) is 98.2 cm³/mol. The fraction of sp³-hybridized carbons (Fsp3) is 0.300. The molecule has 0 bridgehead atoms. The Kier molecular flexibility index (Phi) is 4.82. The molecule has 1 saturated heterocycles. The smallest absolute Gasteiger partial charge is 0.254 e. The highest BCUT2D eigenvalue weighted by Crippen LogP contribution is 2.33. The van der Waals surface area contributed by atoms with Crippen LogP contribution in [0.25, 0.3) is 11.5 Å². The van der Waals surface area contributed by atoms with E-state index in [1.165, 1.54) is 0 Å². The fourth-order valence-corrected chi connectivity index (χ4v) is 3.27. The van der Waals surface area contributed by atoms with Crippen LogP contribution in [0.5, 0.6) is 5.75 Å². The summed E-state index contributed by atoms with van der Waals surface area (Å²) in [5.74, 6) is 1.59. The molecule has 0 radical (unpaired) electrons. The van der Waals surface area contributed by atoms with Crippen molar-refractivity contribution in [1.29, 1.82) is 0 Å². The standard InChI is InChI=1S/C20H20N4O3/c1-2-26-16-9-7-14(8-10-16)20(25)24-12-4-6-17(24)19-23-22-18(27-19)15-5-3-11-21-13-15/h3,5,7-11,13,17H,2,4,6,12H2,1H3. The van der Waals surface area contributed by atoms with Gasteiger partial charge in [-0.2, -0.15) is 0 Å². The summed E-state index contributed by atoms with van der Waals surface area (Å²) in [5.41, 5.74) is 1.39. The fourth-order valence-electron chi connectivity index (χ4n) is 3.27. The number of likely N-dealkylation sites (tertiary alicyclic amines) is 1. The van der Waals surface area contributed by atoms with Crippen LogP contribution in [0.4, 0.5) is 0 Å². The SMILES string of the molecule is CCOc1ccc(C(=O)N2CCCC2c2nnc(-c3cccnc3)o2)cc1. The highest BCUT2D eigenvalue weighted by atomic mass is 16.5. The number of nitrogens with zero attached hydrogens (tertiary/aromatic N) is 4. The van der Waals surface area contributed by atoms with Crippen LogP contribution in [-0.2, 0) is 0 Å². The van der Waals surface area contributed by atoms with Gasteiger partial charge in [0.25, 0.3) is 5.91 Å². The highest BCUT2D eigenvalue weighted by Gasteiger charge is 2.34. The largest absolute Gasteiger partial charge is 0.494 e. The van der Waals surface area contributed by atoms with Gasteiger partial charge in [0.15, 0.2) is 0 Å². The lowest BCUT2D eigenvalue weighted by Gasteiger charge is -2.22. The van der Waals surface area contributed by atoms with Crippen molar-refractivity contribution in [1.82, 2.24) is 20.1 Å². The van der Waals surface area contributed by atoms with Gasteiger partial charge in [-0.15, -0.1) is 10.2 Å². The van der Waals surface area contributed by atoms with Crippen LogP contribution in [0.2, 0.25) is 0 Å². The van der Waals surface area contributed by atoms with Crippen molar-refractivity contribution in [3.63, 3.8) is 0 Å². The lowest BCUT2D eigenvalue weighted by molar-refractivity contribution is 0.0716. The molecular weight excluding hydrogens is 344 g/mol. The van der Waals surface area contributed by atoms with Gasteiger partial charge in [0, 0.05) is 24.5 Å². The van der Waals surface area contributed by atoms with Gasteiger partial charge in [-0.3, -0.25) is 9.78 Å². The van der Waals surface area contributed by atoms with Crippen LogP contribution >= 0.6 is 0 Å². The molecule has 1 fully saturated rings. The molecule has 138 valence electrons. The van der Waals surface area contributed by atoms with Gasteiger partial charge in [-0.25, -0.2) is 0 Å². The van der Waals surface area contributed by atoms with Crippen molar-refractivity contribution in [2.75, 3.05) is 13.2 Å². The van der Waals surface area contributed by atoms with Gasteiger partial charge in [0.1, 0.15) is 11.8 Å². The van der Waals surface area contributed by atoms with Gasteiger partial charge in [0.2, 0.25) is 11.8 Å². The Hall–Kier alpha value is -3.22. The van der Waals surface area contributed by atoms with Crippen molar-refractivity contribution in [2.24, 2.45) is 0 Å². The van der Waals surface area contributed by atoms with E-state index in [0.29, 0.717) is 30.5 Å². The zero-order valence-electron chi connectivity index (χ0n) is 15.0. The Labute approximate surface area is 157 Å². The highest BCUT2D eigenvalue weighted by molar-refractivity contribution is 5.94. The molecule has 3 aromatic rings. The molecule has 4 rings (SSSR count). The van der Waals surface area contributed by atoms with Crippen molar-refractivity contribution < 1.29 is 13.9 Å². The maximum Gasteiger partial charge on any atom is 0.254 e. The van der Waals surface area contributed by atoms with Crippen LogP contribution in [0.1, 0.15) is 42.1 Å². The number of pyridine rings is 1. The molecule has 2 aromatic heterocycles. The van der Waals surface area contributed by atoms with E-state index in [9.17, 15) is 4.79 Å². The molecule has 1 aromatic carbocycles. The second-order valence-electron chi connectivity index (χ2n) is 6.30. The molecule has 7 nitrogen and oxygen atoms in total. The maximum absolute atomic E-state index is 13.0. The summed E-state index contributed by atoms with van der Waals surface area (Å²) in [7, 11) is 0. The van der Waals surface area contributed by atoms with Crippen molar-refractivity contribution in [3.8, 4) is 17.2 Å². The monoisotopic (exact) mass is 364 g/mol. The molecule has 1 aliphatic rings. The van der Waals surface area contributed by atoms with E-state index in [-0.39, 0.29) is 11.9 Å². The molecular formula is C20H20N4O3. The second-order valence-corrected chi connectivity index (χ2v) is 6.30. The Morgan fingerprint density at radius 2 is 2.11 bits per heavy atom. The number of rotatable bonds is 5. The first kappa shape index (κ1) is 17.2. The molecule has 0 saturated carbocycles. The van der Waals surface area contributed by atoms with E-state index in [2.05, 4.69) is 15.2 Å². The van der Waals surface area contributed by atoms with E-state index < -0.39 is 0 Å². The minimum absolute atomic E-state index is 0.0401. The minimum Gasteiger partial charge on any atom is -0.494 e. The molecule has 1 amide bonds. The number of benzene rings is 1. The normalized spacial score (nSPS) is 16.5. The Balaban J connectivity index is 1.54. The summed E-state index contributed by atoms with van der Waals surface area (Å²) < 4.78 is 11.3. The summed E-state index contributed by atoms with van der Waals surface area (Å²) in [6, 6.07) is 10.7. The zero-order chi connectivity index (χ0) is 18.6. The molecule has 1 unspecified atom stereocenters. The van der Waals surface area contributed by atoms with Gasteiger partial charge in [0.05, 0.1) is 12.2 Å². The van der Waals surface area contributed by atoms with Crippen molar-refractivity contribution >= 4 is 5.91 Å². The number of ether oxygens (including phenoxy) is 1. The predicted octanol–water partition coefficient (Wildman–Crippen LogP) is 3.51. The lowest BCUT2D eigenvalue weighted by Crippen LogP contribution is -2.30. The van der Waals surface area contributed by atoms with Crippen LogP contribution in [0.3, 0.4) is 0 Å². The second kappa shape index (κ2) is 7.57. The maximum atomic E-state index is 13.0. The average Bonchev–Trinajstić information content (AvgIpc) is 3.38. The van der Waals surface area contributed by atoms with Crippen molar-refractivity contribution in [3.05, 3.63) is 60.2 Å². The van der Waals surface area contributed by atoms with Gasteiger partial charge in [-0.1, -0.05) is 0 Å². The van der Waals surface area contributed by atoms with E-state index >= 15 is 0 Å². The Morgan fingerprint density at radius 1 is 1.26 bits per heavy atom. The first-order chi connectivity index (χ1) is 13.3. The van der Waals surface area contributed by atoms with E-state index in [1.54, 1.807) is 29.4 Å². The van der Waals surface area contributed by atoms with Crippen LogP contribution in [0.15, 0.2) is 53.2 Å². The summed E-state index contributed by atoms with van der Waals surface area (Å²) in [4.78, 5) is 18.8. The van der Waals surface area contributed by atoms with Gasteiger partial charge >= 0.3 is 0 Å². The summed E-state index contributed by atoms with van der Waals surface area (Å²) in [6.07, 6.45) is 5.07. The number of hydrogen-bond donors (Lipinski definition) is 0. The quantitative estimate of drug-likeness (QED) is 0.689. The minimum atomic E-state index is -0.206. The summed E-state index contributed by atoms with van der Waals surface area (Å²) in [5, 5.41) is 8.30. The lowest BCUT2D eigenvalue weighted by atomic mass is 10.1. The van der Waals surface area contributed by atoms with Crippen LogP contribution in [0, 0.1) is 0 Å². The van der Waals surface area contributed by atoms with Crippen molar-refractivity contribution in [2.45, 2.75) is 25.8 Å². The Bertz CT molecular complexity index is 908. The molecule has 1 aliphatic heterocycles. The topological polar surface area (TPSA) is 81.4 Å². The Morgan fingerprint density at radius 3 is 2.85 bits per heavy atom. The third kappa shape index (κ3) is 3.53. The van der Waals surface area contributed by atoms with Crippen LogP contribution < -0.4 is 4.74 Å². The van der Waals surface area contributed by atoms with Gasteiger partial charge < -0.3 is 14.1 Å². The van der Waals surface area contributed by atoms with Gasteiger partial charge in [-0.05, 0) is 56.2 Å². The molecule has 7 heteroatoms. The summed E-state index contributed by atoms with van der Waals surface area (Å²) in [6.45, 7) is 3.19. The zero-order valence-corrected chi connectivity index (χ0v) is 15.0. The summed E-state index contributed by atoms with van der Waals surface area (Å²) >= 11 is 0. The number of aromatic nitrogens is 3. The molecule has 3 heterocycles. The number of carbonyl (C=O) groups is 1. The van der Waals surface area contributed by atoms with E-state index in [0.717, 1.165) is 24.2 Å². The average molecular weight is 364 g/mol. The number of amides is 1. The molecule has 0 spiro atoms.